The molecular weight excluding hydrogens is 464 g/mol. The molecule has 2 heterocycles. The van der Waals surface area contributed by atoms with Gasteiger partial charge < -0.3 is 9.88 Å². The van der Waals surface area contributed by atoms with Crippen molar-refractivity contribution in [2.75, 3.05) is 5.32 Å². The molecule has 182 valence electrons. The molecule has 3 aromatic rings. The van der Waals surface area contributed by atoms with Crippen molar-refractivity contribution in [1.29, 1.82) is 0 Å². The maximum Gasteiger partial charge on any atom is 0.265 e. The van der Waals surface area contributed by atoms with Crippen LogP contribution in [0.3, 0.4) is 0 Å². The van der Waals surface area contributed by atoms with Gasteiger partial charge in [-0.25, -0.2) is 29.0 Å². The van der Waals surface area contributed by atoms with Crippen LogP contribution >= 0.6 is 0 Å². The zero-order chi connectivity index (χ0) is 24.5. The lowest BCUT2D eigenvalue weighted by atomic mass is 9.82. The molecule has 1 aliphatic rings. The van der Waals surface area contributed by atoms with Crippen molar-refractivity contribution in [2.24, 2.45) is 11.0 Å². The molecule has 1 aliphatic carbocycles. The van der Waals surface area contributed by atoms with E-state index in [2.05, 4.69) is 15.3 Å². The van der Waals surface area contributed by atoms with E-state index in [0.717, 1.165) is 32.1 Å². The Kier molecular flexibility index (Phi) is 6.91. The fourth-order valence-corrected chi connectivity index (χ4v) is 5.07. The molecule has 0 spiro atoms. The Hall–Kier alpha value is -2.96. The zero-order valence-electron chi connectivity index (χ0n) is 18.7. The summed E-state index contributed by atoms with van der Waals surface area (Å²) in [6.07, 6.45) is 3.45. The average molecular weight is 492 g/mol. The number of carbonyl (C=O) groups excluding carboxylic acids is 1. The number of nitrogens with one attached hydrogen (secondary N) is 1. The van der Waals surface area contributed by atoms with E-state index in [4.69, 9.17) is 11.0 Å². The number of alkyl halides is 2. The largest absolute Gasteiger partial charge is 0.324 e. The number of anilines is 2. The third-order valence-electron chi connectivity index (χ3n) is 6.37. The highest BCUT2D eigenvalue weighted by molar-refractivity contribution is 7.82. The molecular formula is C22H27F2N7O2S. The number of hydrogen-bond donors (Lipinski definition) is 3. The number of fused-ring (bicyclic) bond motifs is 1. The summed E-state index contributed by atoms with van der Waals surface area (Å²) < 4.78 is 41.4. The molecule has 9 nitrogen and oxygen atoms in total. The van der Waals surface area contributed by atoms with E-state index in [1.54, 1.807) is 36.5 Å². The number of halogens is 2. The smallest absolute Gasteiger partial charge is 0.265 e. The van der Waals surface area contributed by atoms with Crippen molar-refractivity contribution in [3.05, 3.63) is 42.2 Å². The Bertz CT molecular complexity index is 1200. The maximum atomic E-state index is 14.1. The molecule has 1 amide bonds. The van der Waals surface area contributed by atoms with Crippen LogP contribution in [0.4, 0.5) is 20.4 Å². The lowest BCUT2D eigenvalue weighted by Crippen LogP contribution is -2.42. The van der Waals surface area contributed by atoms with Gasteiger partial charge in [0, 0.05) is 22.8 Å². The summed E-state index contributed by atoms with van der Waals surface area (Å²) in [6.45, 7) is 2.03. The molecule has 1 saturated carbocycles. The van der Waals surface area contributed by atoms with E-state index in [1.807, 2.05) is 11.5 Å². The molecule has 0 bridgehead atoms. The van der Waals surface area contributed by atoms with Gasteiger partial charge in [0.15, 0.2) is 0 Å². The van der Waals surface area contributed by atoms with Gasteiger partial charge in [-0.1, -0.05) is 19.3 Å². The van der Waals surface area contributed by atoms with Crippen molar-refractivity contribution < 1.29 is 17.8 Å². The van der Waals surface area contributed by atoms with E-state index in [0.29, 0.717) is 26.6 Å². The van der Waals surface area contributed by atoms with Gasteiger partial charge in [-0.3, -0.25) is 9.80 Å². The topological polar surface area (TPSA) is 132 Å². The second-order valence-electron chi connectivity index (χ2n) is 8.71. The Morgan fingerprint density at radius 3 is 2.50 bits per heavy atom. The fraction of sp³-hybridized carbons (Fsp3) is 0.409. The van der Waals surface area contributed by atoms with E-state index in [9.17, 15) is 17.8 Å². The second-order valence-corrected chi connectivity index (χ2v) is 9.78. The van der Waals surface area contributed by atoms with Gasteiger partial charge in [0.05, 0.1) is 10.6 Å². The van der Waals surface area contributed by atoms with Gasteiger partial charge in [-0.2, -0.15) is 4.98 Å². The van der Waals surface area contributed by atoms with Crippen LogP contribution in [0.1, 0.15) is 50.8 Å². The van der Waals surface area contributed by atoms with Crippen LogP contribution in [0, 0.1) is 0 Å². The number of nitrogens with zero attached hydrogens (tertiary/aromatic N) is 4. The summed E-state index contributed by atoms with van der Waals surface area (Å²) in [5.74, 6) is 5.94. The highest BCUT2D eigenvalue weighted by Gasteiger charge is 2.38. The third kappa shape index (κ3) is 4.65. The Morgan fingerprint density at radius 2 is 1.91 bits per heavy atom. The van der Waals surface area contributed by atoms with Gasteiger partial charge in [0.25, 0.3) is 6.43 Å². The quantitative estimate of drug-likeness (QED) is 0.191. The van der Waals surface area contributed by atoms with Crippen molar-refractivity contribution in [2.45, 2.75) is 61.9 Å². The number of hydrogen-bond acceptors (Lipinski definition) is 6. The van der Waals surface area contributed by atoms with Gasteiger partial charge in [0.2, 0.25) is 12.4 Å². The molecule has 1 fully saturated rings. The summed E-state index contributed by atoms with van der Waals surface area (Å²) in [5, 5.41) is 9.57. The molecule has 5 N–H and O–H groups in total. The Labute approximate surface area is 198 Å². The van der Waals surface area contributed by atoms with E-state index in [1.165, 1.54) is 0 Å². The van der Waals surface area contributed by atoms with Gasteiger partial charge in [0.1, 0.15) is 22.7 Å². The summed E-state index contributed by atoms with van der Waals surface area (Å²) >= 11 is 0. The second kappa shape index (κ2) is 9.72. The van der Waals surface area contributed by atoms with Crippen molar-refractivity contribution in [1.82, 2.24) is 19.5 Å². The maximum absolute atomic E-state index is 14.1. The van der Waals surface area contributed by atoms with Crippen LogP contribution in [0.15, 0.2) is 41.4 Å². The lowest BCUT2D eigenvalue weighted by molar-refractivity contribution is -0.124. The number of carbonyl (C=O) groups is 1. The minimum Gasteiger partial charge on any atom is -0.324 e. The summed E-state index contributed by atoms with van der Waals surface area (Å²) in [7, 11) is -1.59. The normalized spacial score (nSPS) is 17.5. The minimum absolute atomic E-state index is 0.207. The van der Waals surface area contributed by atoms with E-state index in [-0.39, 0.29) is 18.1 Å². The Balaban J connectivity index is 1.82. The first-order valence-corrected chi connectivity index (χ1v) is 12.1. The predicted molar refractivity (Wildman–Crippen MR) is 125 cm³/mol. The fourth-order valence-electron chi connectivity index (χ4n) is 4.67. The number of hydrazine groups is 1. The van der Waals surface area contributed by atoms with Crippen molar-refractivity contribution in [3.8, 4) is 0 Å². The number of nitrogens with two attached hydrogens (primary N) is 2. The number of aromatic nitrogens is 3. The average Bonchev–Trinajstić information content (AvgIpc) is 3.18. The van der Waals surface area contributed by atoms with Gasteiger partial charge in [-0.05, 0) is 50.1 Å². The molecule has 0 aliphatic heterocycles. The molecule has 1 aromatic carbocycles. The van der Waals surface area contributed by atoms with Crippen LogP contribution < -0.4 is 16.3 Å². The van der Waals surface area contributed by atoms with Crippen molar-refractivity contribution in [3.63, 3.8) is 0 Å². The number of amides is 1. The molecule has 2 aromatic heterocycles. The number of rotatable bonds is 8. The molecule has 2 atom stereocenters. The first-order valence-electron chi connectivity index (χ1n) is 10.9. The van der Waals surface area contributed by atoms with Crippen LogP contribution in [-0.4, -0.2) is 36.6 Å². The first kappa shape index (κ1) is 24.2. The van der Waals surface area contributed by atoms with Crippen LogP contribution in [-0.2, 0) is 21.3 Å². The minimum atomic E-state index is -2.89. The molecule has 34 heavy (non-hydrogen) atoms. The van der Waals surface area contributed by atoms with Crippen LogP contribution in [0.25, 0.3) is 11.0 Å². The van der Waals surface area contributed by atoms with E-state index >= 15 is 0 Å². The molecule has 0 radical (unpaired) electrons. The summed E-state index contributed by atoms with van der Waals surface area (Å²) in [4.78, 5) is 20.8. The third-order valence-corrected chi connectivity index (χ3v) is 7.10. The molecule has 4 rings (SSSR count). The molecule has 12 heteroatoms. The SMILES string of the molecule is CC1(n2c(C(C(F)F)N(N)C=O)cc3cnc(Nc4ccc(S(N)=O)cc4)nc32)CCCCC1. The van der Waals surface area contributed by atoms with E-state index < -0.39 is 29.0 Å². The zero-order valence-corrected chi connectivity index (χ0v) is 19.5. The highest BCUT2D eigenvalue weighted by atomic mass is 32.2. The number of benzene rings is 1. The lowest BCUT2D eigenvalue weighted by Gasteiger charge is -2.39. The standard InChI is InChI=1S/C22H27F2N7O2S/c1-22(9-3-2-4-10-22)31-17(18(19(23)24)30(25)13-32)11-14-12-27-21(29-20(14)31)28-15-5-7-16(8-6-15)34(26)33/h5-8,11-13,18-19H,2-4,9-10,25-26H2,1H3,(H,27,28,29). The monoisotopic (exact) mass is 491 g/mol. The highest BCUT2D eigenvalue weighted by Crippen LogP contribution is 2.41. The van der Waals surface area contributed by atoms with Crippen LogP contribution in [0.5, 0.6) is 0 Å². The molecule has 0 saturated heterocycles. The Morgan fingerprint density at radius 1 is 1.24 bits per heavy atom. The van der Waals surface area contributed by atoms with Gasteiger partial charge in [-0.15, -0.1) is 0 Å². The first-order chi connectivity index (χ1) is 16.2. The predicted octanol–water partition coefficient (Wildman–Crippen LogP) is 3.47. The van der Waals surface area contributed by atoms with Gasteiger partial charge >= 0.3 is 0 Å². The van der Waals surface area contributed by atoms with Crippen molar-refractivity contribution >= 4 is 40.1 Å². The van der Waals surface area contributed by atoms with Crippen LogP contribution in [0.2, 0.25) is 0 Å². The molecule has 2 unspecified atom stereocenters. The summed E-state index contributed by atoms with van der Waals surface area (Å²) in [5.41, 5.74) is 0.895. The summed E-state index contributed by atoms with van der Waals surface area (Å²) in [6, 6.07) is 6.62.